The molecule has 1 aliphatic heterocycles. The van der Waals surface area contributed by atoms with Crippen LogP contribution >= 0.6 is 0 Å². The van der Waals surface area contributed by atoms with Crippen LogP contribution < -0.4 is 15.5 Å². The molecule has 0 aliphatic carbocycles. The monoisotopic (exact) mass is 484 g/mol. The predicted octanol–water partition coefficient (Wildman–Crippen LogP) is 3.36. The summed E-state index contributed by atoms with van der Waals surface area (Å²) in [6.07, 6.45) is 1.78. The van der Waals surface area contributed by atoms with Crippen molar-refractivity contribution in [2.45, 2.75) is 34.2 Å². The maximum Gasteiger partial charge on any atom is 0.251 e. The number of carbonyl (C=O) groups excluding carboxylic acids is 1. The summed E-state index contributed by atoms with van der Waals surface area (Å²) < 4.78 is 0. The smallest absolute Gasteiger partial charge is 0.251 e. The van der Waals surface area contributed by atoms with Crippen molar-refractivity contribution in [2.75, 3.05) is 42.9 Å². The van der Waals surface area contributed by atoms with E-state index < -0.39 is 0 Å². The first-order valence-corrected chi connectivity index (χ1v) is 10.1. The van der Waals surface area contributed by atoms with Crippen molar-refractivity contribution in [3.05, 3.63) is 52.7 Å². The molecule has 159 valence electrons. The number of rotatable bonds is 6. The van der Waals surface area contributed by atoms with Crippen LogP contribution in [0.3, 0.4) is 0 Å². The molecule has 2 aromatic rings. The summed E-state index contributed by atoms with van der Waals surface area (Å²) in [5.41, 5.74) is 2.79. The van der Waals surface area contributed by atoms with E-state index in [0.29, 0.717) is 17.9 Å². The third-order valence-corrected chi connectivity index (χ3v) is 4.76. The summed E-state index contributed by atoms with van der Waals surface area (Å²) in [4.78, 5) is 23.7. The van der Waals surface area contributed by atoms with Gasteiger partial charge in [0, 0.05) is 68.8 Å². The zero-order chi connectivity index (χ0) is 20.9. The van der Waals surface area contributed by atoms with Gasteiger partial charge in [-0.2, -0.15) is 0 Å². The van der Waals surface area contributed by atoms with Crippen molar-refractivity contribution in [1.29, 1.82) is 0 Å². The maximum absolute atomic E-state index is 12.6. The molecule has 1 radical (unpaired) electrons. The molecule has 0 unspecified atom stereocenters. The molecule has 1 saturated heterocycles. The third kappa shape index (κ3) is 7.29. The number of hydrogen-bond donors (Lipinski definition) is 2. The summed E-state index contributed by atoms with van der Waals surface area (Å²) in [7, 11) is 0. The number of piperazine rings is 1. The van der Waals surface area contributed by atoms with Crippen LogP contribution in [-0.2, 0) is 39.3 Å². The Hall–Kier alpha value is -1.57. The minimum Gasteiger partial charge on any atom is -0.659 e. The largest absolute Gasteiger partial charge is 0.659 e. The van der Waals surface area contributed by atoms with E-state index in [4.69, 9.17) is 0 Å². The number of nitrogens with zero attached hydrogens (tertiary/aromatic N) is 4. The topological polar surface area (TPSA) is 84.2 Å². The second kappa shape index (κ2) is 11.2. The number of nitrogens with one attached hydrogen (secondary N) is 2. The average molecular weight is 484 g/mol. The maximum atomic E-state index is 12.6. The second-order valence-corrected chi connectivity index (χ2v) is 8.59. The molecule has 7 nitrogen and oxygen atoms in total. The zero-order valence-corrected chi connectivity index (χ0v) is 21.2. The minimum absolute atomic E-state index is 0. The molecular formula is C22H31N6OY-. The summed E-state index contributed by atoms with van der Waals surface area (Å²) in [6, 6.07) is 7.76. The van der Waals surface area contributed by atoms with E-state index in [1.54, 1.807) is 6.20 Å². The van der Waals surface area contributed by atoms with Crippen molar-refractivity contribution in [1.82, 2.24) is 15.3 Å². The number of carbonyl (C=O) groups is 1. The van der Waals surface area contributed by atoms with Crippen molar-refractivity contribution < 1.29 is 37.5 Å². The van der Waals surface area contributed by atoms with E-state index in [1.807, 2.05) is 31.2 Å². The first kappa shape index (κ1) is 24.7. The van der Waals surface area contributed by atoms with Crippen molar-refractivity contribution in [2.24, 2.45) is 5.41 Å². The number of aromatic nitrogens is 2. The fourth-order valence-corrected chi connectivity index (χ4v) is 3.09. The standard InChI is InChI=1S/C22H31N6O.Y/c1-16-24-13-18(20(27-16)26-15-22(2,3)4)14-25-21(29)17-5-7-19(8-6-17)28-11-9-23-10-12-28;/h5-8,13H,9-12,14-15H2,1-4H3,(H,25,29)(H,24,26,27);/q-1;. The molecule has 1 aromatic heterocycles. The second-order valence-electron chi connectivity index (χ2n) is 8.59. The molecule has 1 aliphatic rings. The number of aryl methyl sites for hydroxylation is 1. The summed E-state index contributed by atoms with van der Waals surface area (Å²) in [5, 5.41) is 10.7. The molecule has 0 atom stereocenters. The Morgan fingerprint density at radius 1 is 1.17 bits per heavy atom. The van der Waals surface area contributed by atoms with Gasteiger partial charge in [-0.3, -0.25) is 4.79 Å². The van der Waals surface area contributed by atoms with Gasteiger partial charge < -0.3 is 20.9 Å². The van der Waals surface area contributed by atoms with Crippen LogP contribution in [0.4, 0.5) is 11.5 Å². The van der Waals surface area contributed by atoms with Gasteiger partial charge in [0.05, 0.1) is 0 Å². The van der Waals surface area contributed by atoms with E-state index in [-0.39, 0.29) is 44.0 Å². The summed E-state index contributed by atoms with van der Waals surface area (Å²) in [5.74, 6) is 1.38. The predicted molar refractivity (Wildman–Crippen MR) is 118 cm³/mol. The number of anilines is 2. The molecule has 2 N–H and O–H groups in total. The van der Waals surface area contributed by atoms with E-state index in [1.165, 1.54) is 0 Å². The van der Waals surface area contributed by atoms with E-state index in [0.717, 1.165) is 49.8 Å². The average Bonchev–Trinajstić information content (AvgIpc) is 2.71. The van der Waals surface area contributed by atoms with Crippen molar-refractivity contribution in [3.8, 4) is 0 Å². The third-order valence-electron chi connectivity index (χ3n) is 4.76. The van der Waals surface area contributed by atoms with E-state index >= 15 is 0 Å². The van der Waals surface area contributed by atoms with E-state index in [9.17, 15) is 4.79 Å². The molecule has 3 rings (SSSR count). The molecule has 2 heterocycles. The summed E-state index contributed by atoms with van der Waals surface area (Å²) in [6.45, 7) is 13.1. The van der Waals surface area contributed by atoms with E-state index in [2.05, 4.69) is 51.6 Å². The molecule has 8 heteroatoms. The first-order chi connectivity index (χ1) is 13.8. The molecule has 30 heavy (non-hydrogen) atoms. The van der Waals surface area contributed by atoms with Gasteiger partial charge in [-0.25, -0.2) is 9.97 Å². The number of amides is 1. The number of hydrogen-bond acceptors (Lipinski definition) is 5. The SMILES string of the molecule is Cc1ncc(CNC(=O)c2ccc(N3CC[N-]CC3)cc2)c(NCC(C)(C)C)n1.[Y]. The van der Waals surface area contributed by atoms with Crippen LogP contribution in [0.1, 0.15) is 42.5 Å². The Balaban J connectivity index is 0.00000320. The Morgan fingerprint density at radius 2 is 1.83 bits per heavy atom. The quantitative estimate of drug-likeness (QED) is 0.657. The van der Waals surface area contributed by atoms with Crippen molar-refractivity contribution in [3.63, 3.8) is 0 Å². The van der Waals surface area contributed by atoms with Gasteiger partial charge in [0.1, 0.15) is 11.6 Å². The molecule has 1 aromatic carbocycles. The fraction of sp³-hybridized carbons (Fsp3) is 0.500. The fourth-order valence-electron chi connectivity index (χ4n) is 3.09. The van der Waals surface area contributed by atoms with Crippen LogP contribution in [0.25, 0.3) is 5.32 Å². The van der Waals surface area contributed by atoms with Gasteiger partial charge in [-0.15, -0.1) is 13.1 Å². The molecular weight excluding hydrogens is 453 g/mol. The normalized spacial score (nSPS) is 14.1. The van der Waals surface area contributed by atoms with Gasteiger partial charge in [0.25, 0.3) is 5.91 Å². The summed E-state index contributed by atoms with van der Waals surface area (Å²) >= 11 is 0. The van der Waals surface area contributed by atoms with Gasteiger partial charge in [-0.05, 0) is 49.7 Å². The van der Waals surface area contributed by atoms with Crippen LogP contribution in [-0.4, -0.2) is 48.6 Å². The Kier molecular flexibility index (Phi) is 9.19. The van der Waals surface area contributed by atoms with Crippen LogP contribution in [0.2, 0.25) is 0 Å². The van der Waals surface area contributed by atoms with Crippen LogP contribution in [0, 0.1) is 12.3 Å². The van der Waals surface area contributed by atoms with Gasteiger partial charge >= 0.3 is 0 Å². The molecule has 0 bridgehead atoms. The Morgan fingerprint density at radius 3 is 2.47 bits per heavy atom. The van der Waals surface area contributed by atoms with Crippen LogP contribution in [0.5, 0.6) is 0 Å². The van der Waals surface area contributed by atoms with Gasteiger partial charge in [0.15, 0.2) is 0 Å². The van der Waals surface area contributed by atoms with Gasteiger partial charge in [0.2, 0.25) is 0 Å². The molecule has 0 spiro atoms. The molecule has 1 amide bonds. The van der Waals surface area contributed by atoms with Gasteiger partial charge in [-0.1, -0.05) is 20.8 Å². The zero-order valence-electron chi connectivity index (χ0n) is 18.4. The molecule has 1 fully saturated rings. The minimum atomic E-state index is -0.104. The van der Waals surface area contributed by atoms with Crippen molar-refractivity contribution >= 4 is 17.4 Å². The van der Waals surface area contributed by atoms with Crippen LogP contribution in [0.15, 0.2) is 30.5 Å². The Bertz CT molecular complexity index is 829. The Labute approximate surface area is 204 Å². The molecule has 0 saturated carbocycles. The first-order valence-electron chi connectivity index (χ1n) is 10.1. The number of benzene rings is 1.